The zero-order valence-corrected chi connectivity index (χ0v) is 11.8. The zero-order valence-electron chi connectivity index (χ0n) is 11.8. The van der Waals surface area contributed by atoms with Crippen molar-refractivity contribution < 1.29 is 9.53 Å². The quantitative estimate of drug-likeness (QED) is 0.821. The van der Waals surface area contributed by atoms with Crippen molar-refractivity contribution in [3.05, 3.63) is 48.5 Å². The van der Waals surface area contributed by atoms with Crippen LogP contribution in [0.3, 0.4) is 0 Å². The Kier molecular flexibility index (Phi) is 4.87. The van der Waals surface area contributed by atoms with Gasteiger partial charge in [0.1, 0.15) is 0 Å². The van der Waals surface area contributed by atoms with Crippen LogP contribution in [-0.2, 0) is 4.74 Å². The summed E-state index contributed by atoms with van der Waals surface area (Å²) in [5.41, 5.74) is 3.13. The molecule has 0 fully saturated rings. The van der Waals surface area contributed by atoms with Crippen molar-refractivity contribution in [3.63, 3.8) is 0 Å². The summed E-state index contributed by atoms with van der Waals surface area (Å²) in [5, 5.41) is 13.9. The van der Waals surface area contributed by atoms with E-state index >= 15 is 0 Å². The minimum Gasteiger partial charge on any atom is -0.453 e. The van der Waals surface area contributed by atoms with E-state index in [-0.39, 0.29) is 0 Å². The molecule has 0 bridgehead atoms. The Morgan fingerprint density at radius 3 is 1.81 bits per heavy atom. The highest BCUT2D eigenvalue weighted by Crippen LogP contribution is 2.21. The fourth-order valence-electron chi connectivity index (χ4n) is 1.59. The molecule has 0 spiro atoms. The first-order valence-corrected chi connectivity index (χ1v) is 6.36. The summed E-state index contributed by atoms with van der Waals surface area (Å²) < 4.78 is 4.51. The van der Waals surface area contributed by atoms with Gasteiger partial charge < -0.3 is 10.1 Å². The summed E-state index contributed by atoms with van der Waals surface area (Å²) >= 11 is 0. The van der Waals surface area contributed by atoms with Gasteiger partial charge in [0.25, 0.3) is 0 Å². The molecular formula is C15H16N4O2. The van der Waals surface area contributed by atoms with Crippen LogP contribution >= 0.6 is 0 Å². The Hall–Kier alpha value is -2.89. The minimum absolute atomic E-state index is 0.506. The van der Waals surface area contributed by atoms with Gasteiger partial charge in [-0.05, 0) is 48.5 Å². The predicted molar refractivity (Wildman–Crippen MR) is 82.6 cm³/mol. The number of ether oxygens (including phenoxy) is 1. The van der Waals surface area contributed by atoms with Crippen LogP contribution in [0.2, 0.25) is 0 Å². The van der Waals surface area contributed by atoms with Crippen molar-refractivity contribution in [3.8, 4) is 0 Å². The number of carbonyl (C=O) groups excluding carboxylic acids is 1. The molecule has 0 heterocycles. The summed E-state index contributed by atoms with van der Waals surface area (Å²) in [5.74, 6) is 0. The number of methoxy groups -OCH3 is 1. The number of rotatable bonds is 4. The summed E-state index contributed by atoms with van der Waals surface area (Å²) in [6, 6.07) is 14.6. The van der Waals surface area contributed by atoms with Gasteiger partial charge >= 0.3 is 6.09 Å². The van der Waals surface area contributed by atoms with Gasteiger partial charge in [0.15, 0.2) is 0 Å². The smallest absolute Gasteiger partial charge is 0.411 e. The standard InChI is InChI=1S/C15H16N4O2/c1-16-11-3-7-13(8-4-11)18-19-14-9-5-12(6-10-14)17-15(20)21-2/h3-10,16H,1-2H3,(H,17,20). The first-order chi connectivity index (χ1) is 10.2. The molecule has 0 atom stereocenters. The number of benzene rings is 2. The average Bonchev–Trinajstić information content (AvgIpc) is 2.54. The molecule has 0 unspecified atom stereocenters. The molecule has 2 aromatic rings. The van der Waals surface area contributed by atoms with Gasteiger partial charge in [-0.1, -0.05) is 0 Å². The topological polar surface area (TPSA) is 75.1 Å². The molecule has 0 aliphatic rings. The fourth-order valence-corrected chi connectivity index (χ4v) is 1.59. The van der Waals surface area contributed by atoms with Gasteiger partial charge in [0.05, 0.1) is 18.5 Å². The molecule has 0 aromatic heterocycles. The van der Waals surface area contributed by atoms with E-state index in [0.717, 1.165) is 11.4 Å². The molecule has 2 aromatic carbocycles. The normalized spacial score (nSPS) is 10.4. The van der Waals surface area contributed by atoms with E-state index in [0.29, 0.717) is 11.4 Å². The SMILES string of the molecule is CNc1ccc(N=Nc2ccc(NC(=O)OC)cc2)cc1. The molecule has 1 amide bonds. The lowest BCUT2D eigenvalue weighted by Gasteiger charge is -2.03. The predicted octanol–water partition coefficient (Wildman–Crippen LogP) is 4.32. The zero-order chi connectivity index (χ0) is 15.1. The van der Waals surface area contributed by atoms with Crippen molar-refractivity contribution in [2.24, 2.45) is 10.2 Å². The Labute approximate surface area is 122 Å². The highest BCUT2D eigenvalue weighted by Gasteiger charge is 1.99. The second-order valence-corrected chi connectivity index (χ2v) is 4.16. The van der Waals surface area contributed by atoms with Crippen LogP contribution in [-0.4, -0.2) is 20.3 Å². The molecular weight excluding hydrogens is 268 g/mol. The van der Waals surface area contributed by atoms with Crippen molar-refractivity contribution >= 4 is 28.8 Å². The highest BCUT2D eigenvalue weighted by atomic mass is 16.5. The van der Waals surface area contributed by atoms with Crippen LogP contribution in [0.5, 0.6) is 0 Å². The van der Waals surface area contributed by atoms with Crippen molar-refractivity contribution in [1.29, 1.82) is 0 Å². The van der Waals surface area contributed by atoms with E-state index in [2.05, 4.69) is 25.6 Å². The molecule has 108 valence electrons. The summed E-state index contributed by atoms with van der Waals surface area (Å²) in [7, 11) is 3.18. The lowest BCUT2D eigenvalue weighted by atomic mass is 10.3. The third-order valence-corrected chi connectivity index (χ3v) is 2.74. The van der Waals surface area contributed by atoms with E-state index in [1.807, 2.05) is 31.3 Å². The van der Waals surface area contributed by atoms with Crippen LogP contribution in [0.25, 0.3) is 0 Å². The number of nitrogens with zero attached hydrogens (tertiary/aromatic N) is 2. The van der Waals surface area contributed by atoms with Crippen LogP contribution in [0.1, 0.15) is 0 Å². The third-order valence-electron chi connectivity index (χ3n) is 2.74. The molecule has 0 aliphatic heterocycles. The van der Waals surface area contributed by atoms with E-state index in [9.17, 15) is 4.79 Å². The van der Waals surface area contributed by atoms with Gasteiger partial charge in [0, 0.05) is 18.4 Å². The number of nitrogens with one attached hydrogen (secondary N) is 2. The van der Waals surface area contributed by atoms with Gasteiger partial charge in [-0.2, -0.15) is 10.2 Å². The molecule has 0 saturated heterocycles. The first-order valence-electron chi connectivity index (χ1n) is 6.36. The second-order valence-electron chi connectivity index (χ2n) is 4.16. The summed E-state index contributed by atoms with van der Waals surface area (Å²) in [6.07, 6.45) is -0.506. The Morgan fingerprint density at radius 2 is 1.38 bits per heavy atom. The molecule has 21 heavy (non-hydrogen) atoms. The number of anilines is 2. The van der Waals surface area contributed by atoms with E-state index < -0.39 is 6.09 Å². The molecule has 0 saturated carbocycles. The molecule has 0 aliphatic carbocycles. The van der Waals surface area contributed by atoms with E-state index in [1.165, 1.54) is 7.11 Å². The van der Waals surface area contributed by atoms with Crippen LogP contribution in [0, 0.1) is 0 Å². The van der Waals surface area contributed by atoms with Gasteiger partial charge in [-0.15, -0.1) is 0 Å². The van der Waals surface area contributed by atoms with Crippen molar-refractivity contribution in [2.45, 2.75) is 0 Å². The lowest BCUT2D eigenvalue weighted by Crippen LogP contribution is -2.10. The number of hydrogen-bond acceptors (Lipinski definition) is 5. The van der Waals surface area contributed by atoms with Gasteiger partial charge in [0.2, 0.25) is 0 Å². The van der Waals surface area contributed by atoms with Crippen LogP contribution in [0.15, 0.2) is 58.8 Å². The van der Waals surface area contributed by atoms with Crippen LogP contribution in [0.4, 0.5) is 27.5 Å². The monoisotopic (exact) mass is 284 g/mol. The lowest BCUT2D eigenvalue weighted by molar-refractivity contribution is 0.187. The second kappa shape index (κ2) is 7.04. The maximum Gasteiger partial charge on any atom is 0.411 e. The van der Waals surface area contributed by atoms with E-state index in [1.54, 1.807) is 24.3 Å². The van der Waals surface area contributed by atoms with Crippen molar-refractivity contribution in [2.75, 3.05) is 24.8 Å². The molecule has 0 radical (unpaired) electrons. The maximum atomic E-state index is 11.0. The number of carbonyl (C=O) groups is 1. The number of azo groups is 1. The Morgan fingerprint density at radius 1 is 0.905 bits per heavy atom. The third kappa shape index (κ3) is 4.31. The molecule has 6 nitrogen and oxygen atoms in total. The minimum atomic E-state index is -0.506. The Bertz CT molecular complexity index is 621. The maximum absolute atomic E-state index is 11.0. The average molecular weight is 284 g/mol. The highest BCUT2D eigenvalue weighted by molar-refractivity contribution is 5.84. The van der Waals surface area contributed by atoms with Gasteiger partial charge in [-0.3, -0.25) is 5.32 Å². The van der Waals surface area contributed by atoms with Crippen LogP contribution < -0.4 is 10.6 Å². The van der Waals surface area contributed by atoms with Gasteiger partial charge in [-0.25, -0.2) is 4.79 Å². The molecule has 6 heteroatoms. The largest absolute Gasteiger partial charge is 0.453 e. The molecule has 2 N–H and O–H groups in total. The number of hydrogen-bond donors (Lipinski definition) is 2. The summed E-state index contributed by atoms with van der Waals surface area (Å²) in [4.78, 5) is 11.0. The van der Waals surface area contributed by atoms with Crippen molar-refractivity contribution in [1.82, 2.24) is 0 Å². The fraction of sp³-hybridized carbons (Fsp3) is 0.133. The first kappa shape index (κ1) is 14.5. The number of amides is 1. The molecule has 2 rings (SSSR count). The van der Waals surface area contributed by atoms with E-state index in [4.69, 9.17) is 0 Å². The summed E-state index contributed by atoms with van der Waals surface area (Å²) in [6.45, 7) is 0. The Balaban J connectivity index is 2.01.